The molecule has 0 aliphatic rings. The number of aliphatic carboxylic acids is 2. The maximum atomic E-state index is 10.5. The van der Waals surface area contributed by atoms with Crippen LogP contribution in [0.25, 0.3) is 0 Å². The molecule has 0 unspecified atom stereocenters. The van der Waals surface area contributed by atoms with E-state index in [1.807, 2.05) is 0 Å². The van der Waals surface area contributed by atoms with Crippen molar-refractivity contribution < 1.29 is 38.9 Å². The van der Waals surface area contributed by atoms with Crippen LogP contribution in [-0.4, -0.2) is 34.1 Å². The predicted octanol–water partition coefficient (Wildman–Crippen LogP) is 0.628. The van der Waals surface area contributed by atoms with E-state index in [1.54, 1.807) is 0 Å². The van der Waals surface area contributed by atoms with E-state index in [4.69, 9.17) is 10.2 Å². The van der Waals surface area contributed by atoms with Gasteiger partial charge in [-0.2, -0.15) is 0 Å². The quantitative estimate of drug-likeness (QED) is 0.413. The minimum Gasteiger partial charge on any atom is -0.478 e. The van der Waals surface area contributed by atoms with Crippen molar-refractivity contribution in [1.29, 1.82) is 0 Å². The van der Waals surface area contributed by atoms with Crippen molar-refractivity contribution in [1.82, 2.24) is 0 Å². The van der Waals surface area contributed by atoms with E-state index >= 15 is 0 Å². The number of hydrogen-bond acceptors (Lipinski definition) is 6. The first-order chi connectivity index (χ1) is 9.33. The van der Waals surface area contributed by atoms with Gasteiger partial charge >= 0.3 is 23.9 Å². The van der Waals surface area contributed by atoms with Gasteiger partial charge in [0.2, 0.25) is 0 Å². The first-order valence-electron chi connectivity index (χ1n) is 4.78. The summed E-state index contributed by atoms with van der Waals surface area (Å²) in [5.41, 5.74) is 0. The molecule has 0 rings (SSSR count). The largest absolute Gasteiger partial charge is 0.478 e. The van der Waals surface area contributed by atoms with E-state index in [2.05, 4.69) is 22.6 Å². The highest BCUT2D eigenvalue weighted by atomic mass is 16.5. The fraction of sp³-hybridized carbons (Fsp3) is 0. The molecule has 0 atom stereocenters. The van der Waals surface area contributed by atoms with Gasteiger partial charge in [0.25, 0.3) is 0 Å². The molecule has 0 saturated heterocycles. The van der Waals surface area contributed by atoms with Crippen LogP contribution in [0.3, 0.4) is 0 Å². The molecule has 8 heteroatoms. The smallest absolute Gasteiger partial charge is 0.335 e. The van der Waals surface area contributed by atoms with Crippen molar-refractivity contribution in [2.24, 2.45) is 0 Å². The molecule has 0 fully saturated rings. The molecule has 0 heterocycles. The summed E-state index contributed by atoms with van der Waals surface area (Å²) in [6, 6.07) is 0. The number of hydrogen-bond donors (Lipinski definition) is 2. The molecule has 0 aliphatic carbocycles. The SMILES string of the molecule is C=COC(=O)/C=C\C(=O)OC=C.O=C(O)/C=C\C(=O)O. The first kappa shape index (κ1) is 19.2. The fourth-order valence-corrected chi connectivity index (χ4v) is 0.521. The van der Waals surface area contributed by atoms with Crippen LogP contribution in [0.4, 0.5) is 0 Å². The van der Waals surface area contributed by atoms with Crippen LogP contribution in [0.2, 0.25) is 0 Å². The van der Waals surface area contributed by atoms with Gasteiger partial charge in [0.1, 0.15) is 0 Å². The van der Waals surface area contributed by atoms with E-state index in [9.17, 15) is 19.2 Å². The molecule has 2 N–H and O–H groups in total. The molecule has 108 valence electrons. The third-order valence-electron chi connectivity index (χ3n) is 1.12. The summed E-state index contributed by atoms with van der Waals surface area (Å²) in [5, 5.41) is 15.6. The lowest BCUT2D eigenvalue weighted by Gasteiger charge is -1.90. The summed E-state index contributed by atoms with van der Waals surface area (Å²) < 4.78 is 8.55. The number of esters is 2. The van der Waals surface area contributed by atoms with Crippen LogP contribution in [0, 0.1) is 0 Å². The molecule has 0 bridgehead atoms. The molecule has 0 aromatic rings. The third kappa shape index (κ3) is 17.2. The van der Waals surface area contributed by atoms with Gasteiger partial charge in [0, 0.05) is 24.3 Å². The minimum atomic E-state index is -1.26. The zero-order valence-corrected chi connectivity index (χ0v) is 10.2. The van der Waals surface area contributed by atoms with E-state index in [0.717, 1.165) is 24.7 Å². The van der Waals surface area contributed by atoms with E-state index < -0.39 is 23.9 Å². The number of carboxylic acids is 2. The standard InChI is InChI=1S/C8H8O4.C4H4O4/c1-3-11-7(9)5-6-8(10)12-4-2;5-3(6)1-2-4(7)8/h3-6H,1-2H2;1-2H,(H,5,6)(H,7,8)/b6-5-;2-1-. The Hall–Kier alpha value is -3.16. The zero-order valence-electron chi connectivity index (χ0n) is 10.2. The number of carbonyl (C=O) groups excluding carboxylic acids is 2. The molecule has 8 nitrogen and oxygen atoms in total. The molecule has 0 aromatic heterocycles. The Morgan fingerprint density at radius 1 is 0.700 bits per heavy atom. The van der Waals surface area contributed by atoms with E-state index in [1.165, 1.54) is 0 Å². The second-order valence-corrected chi connectivity index (χ2v) is 2.55. The van der Waals surface area contributed by atoms with Gasteiger partial charge in [-0.1, -0.05) is 13.2 Å². The molecule has 20 heavy (non-hydrogen) atoms. The molecule has 0 spiro atoms. The van der Waals surface area contributed by atoms with Crippen LogP contribution >= 0.6 is 0 Å². The van der Waals surface area contributed by atoms with Crippen molar-refractivity contribution in [3.63, 3.8) is 0 Å². The van der Waals surface area contributed by atoms with Crippen LogP contribution in [0.15, 0.2) is 50.0 Å². The fourth-order valence-electron chi connectivity index (χ4n) is 0.521. The Morgan fingerprint density at radius 3 is 1.20 bits per heavy atom. The van der Waals surface area contributed by atoms with Crippen LogP contribution in [-0.2, 0) is 28.7 Å². The monoisotopic (exact) mass is 284 g/mol. The van der Waals surface area contributed by atoms with Gasteiger partial charge in [-0.3, -0.25) is 0 Å². The second kappa shape index (κ2) is 12.3. The summed E-state index contributed by atoms with van der Waals surface area (Å²) >= 11 is 0. The van der Waals surface area contributed by atoms with Crippen LogP contribution in [0.1, 0.15) is 0 Å². The van der Waals surface area contributed by atoms with Crippen molar-refractivity contribution >= 4 is 23.9 Å². The van der Waals surface area contributed by atoms with Gasteiger partial charge in [-0.05, 0) is 0 Å². The Kier molecular flexibility index (Phi) is 11.8. The molecule has 0 radical (unpaired) electrons. The second-order valence-electron chi connectivity index (χ2n) is 2.55. The van der Waals surface area contributed by atoms with Gasteiger partial charge in [-0.25, -0.2) is 19.2 Å². The molecule has 0 saturated carbocycles. The maximum Gasteiger partial charge on any atom is 0.335 e. The van der Waals surface area contributed by atoms with Crippen molar-refractivity contribution in [3.8, 4) is 0 Å². The Morgan fingerprint density at radius 2 is 1.00 bits per heavy atom. The van der Waals surface area contributed by atoms with Crippen molar-refractivity contribution in [2.75, 3.05) is 0 Å². The van der Waals surface area contributed by atoms with Crippen molar-refractivity contribution in [3.05, 3.63) is 50.0 Å². The molecule has 0 amide bonds. The van der Waals surface area contributed by atoms with Gasteiger partial charge in [-0.15, -0.1) is 0 Å². The normalized spacial score (nSPS) is 9.20. The molecule has 0 aromatic carbocycles. The van der Waals surface area contributed by atoms with Crippen molar-refractivity contribution in [2.45, 2.75) is 0 Å². The topological polar surface area (TPSA) is 127 Å². The first-order valence-corrected chi connectivity index (χ1v) is 4.78. The van der Waals surface area contributed by atoms with E-state index in [-0.39, 0.29) is 0 Å². The maximum absolute atomic E-state index is 10.5. The lowest BCUT2D eigenvalue weighted by Crippen LogP contribution is -1.98. The summed E-state index contributed by atoms with van der Waals surface area (Å²) in [5.74, 6) is -3.89. The average molecular weight is 284 g/mol. The number of ether oxygens (including phenoxy) is 2. The Labute approximate surface area is 113 Å². The Balaban J connectivity index is 0. The third-order valence-corrected chi connectivity index (χ3v) is 1.12. The summed E-state index contributed by atoms with van der Waals surface area (Å²) in [4.78, 5) is 40.2. The summed E-state index contributed by atoms with van der Waals surface area (Å²) in [6.07, 6.45) is 4.89. The van der Waals surface area contributed by atoms with Gasteiger partial charge in [0.05, 0.1) is 12.5 Å². The highest BCUT2D eigenvalue weighted by Gasteiger charge is 1.96. The Bertz CT molecular complexity index is 404. The number of carboxylic acid groups (broad SMARTS) is 2. The molecular weight excluding hydrogens is 272 g/mol. The minimum absolute atomic E-state index is 0.558. The summed E-state index contributed by atoms with van der Waals surface area (Å²) in [7, 11) is 0. The predicted molar refractivity (Wildman–Crippen MR) is 66.1 cm³/mol. The van der Waals surface area contributed by atoms with Gasteiger partial charge < -0.3 is 19.7 Å². The highest BCUT2D eigenvalue weighted by molar-refractivity contribution is 5.92. The summed E-state index contributed by atoms with van der Waals surface area (Å²) in [6.45, 7) is 6.31. The molecule has 0 aliphatic heterocycles. The van der Waals surface area contributed by atoms with E-state index in [0.29, 0.717) is 12.2 Å². The average Bonchev–Trinajstić information content (AvgIpc) is 2.35. The lowest BCUT2D eigenvalue weighted by molar-refractivity contribution is -0.135. The van der Waals surface area contributed by atoms with Gasteiger partial charge in [0.15, 0.2) is 0 Å². The van der Waals surface area contributed by atoms with Crippen LogP contribution in [0.5, 0.6) is 0 Å². The van der Waals surface area contributed by atoms with Crippen LogP contribution < -0.4 is 0 Å². The lowest BCUT2D eigenvalue weighted by atomic mass is 10.5. The zero-order chi connectivity index (χ0) is 16.0. The number of rotatable bonds is 6. The highest BCUT2D eigenvalue weighted by Crippen LogP contribution is 1.85. The molecular formula is C12H12O8. The number of carbonyl (C=O) groups is 4.